The molecule has 0 bridgehead atoms. The molecular weight excluding hydrogens is 591 g/mol. The summed E-state index contributed by atoms with van der Waals surface area (Å²) >= 11 is 0. The van der Waals surface area contributed by atoms with Crippen molar-refractivity contribution in [2.75, 3.05) is 31.6 Å². The van der Waals surface area contributed by atoms with Crippen molar-refractivity contribution in [2.45, 2.75) is 69.6 Å². The molecule has 238 valence electrons. The van der Waals surface area contributed by atoms with Crippen LogP contribution in [0, 0.1) is 18.2 Å². The van der Waals surface area contributed by atoms with Crippen LogP contribution in [0.3, 0.4) is 0 Å². The van der Waals surface area contributed by atoms with Crippen molar-refractivity contribution in [2.24, 2.45) is 0 Å². The molecule has 2 atom stereocenters. The number of ether oxygens (including phenoxy) is 1. The van der Waals surface area contributed by atoms with E-state index in [2.05, 4.69) is 10.9 Å². The normalized spacial score (nSPS) is 22.0. The molecule has 3 aliphatic rings. The second-order valence-electron chi connectivity index (χ2n) is 12.9. The van der Waals surface area contributed by atoms with Crippen molar-refractivity contribution in [1.29, 1.82) is 0 Å². The van der Waals surface area contributed by atoms with Gasteiger partial charge < -0.3 is 29.3 Å². The number of β-amino-alcohol motifs (C(OH)–C–C–N with tert-alkyl or cyclic N) is 1. The molecule has 1 saturated carbocycles. The first-order chi connectivity index (χ1) is 22.0. The summed E-state index contributed by atoms with van der Waals surface area (Å²) in [6.45, 7) is 2.90. The van der Waals surface area contributed by atoms with Gasteiger partial charge in [-0.05, 0) is 69.0 Å². The van der Waals surface area contributed by atoms with Crippen LogP contribution in [0.1, 0.15) is 79.7 Å². The van der Waals surface area contributed by atoms with Gasteiger partial charge in [-0.3, -0.25) is 9.59 Å². The summed E-state index contributed by atoms with van der Waals surface area (Å²) < 4.78 is 22.8. The Bertz CT molecular complexity index is 1940. The molecule has 11 nitrogen and oxygen atoms in total. The zero-order valence-corrected chi connectivity index (χ0v) is 25.8. The summed E-state index contributed by atoms with van der Waals surface area (Å²) in [7, 11) is 1.75. The highest BCUT2D eigenvalue weighted by atomic mass is 19.1. The molecule has 3 fully saturated rings. The van der Waals surface area contributed by atoms with Gasteiger partial charge in [0.25, 0.3) is 0 Å². The second kappa shape index (κ2) is 11.2. The van der Waals surface area contributed by atoms with E-state index in [9.17, 15) is 24.2 Å². The molecule has 2 aromatic carbocycles. The van der Waals surface area contributed by atoms with Gasteiger partial charge in [0.1, 0.15) is 23.7 Å². The van der Waals surface area contributed by atoms with E-state index in [0.717, 1.165) is 25.7 Å². The SMILES string of the molecule is C#Cc1c(F)ccc2cc(O)cc(C(=O)c3nc4nc(OC[C@@H]5CCC(=O)N5C)nc(N5CCC[C@@](C)(O)C5)c4n3C3CCC3)c12. The van der Waals surface area contributed by atoms with Crippen LogP contribution in [0.4, 0.5) is 10.2 Å². The van der Waals surface area contributed by atoms with Crippen molar-refractivity contribution in [3.05, 3.63) is 47.0 Å². The Kier molecular flexibility index (Phi) is 7.31. The zero-order valence-electron chi connectivity index (χ0n) is 25.8. The van der Waals surface area contributed by atoms with Gasteiger partial charge in [-0.25, -0.2) is 9.37 Å². The number of aromatic nitrogens is 4. The lowest BCUT2D eigenvalue weighted by Gasteiger charge is -2.38. The van der Waals surface area contributed by atoms with Crippen molar-refractivity contribution < 1.29 is 28.9 Å². The zero-order chi connectivity index (χ0) is 32.3. The quantitative estimate of drug-likeness (QED) is 0.230. The maximum Gasteiger partial charge on any atom is 0.320 e. The predicted octanol–water partition coefficient (Wildman–Crippen LogP) is 4.11. The van der Waals surface area contributed by atoms with Crippen LogP contribution in [-0.4, -0.2) is 84.7 Å². The Morgan fingerprint density at radius 2 is 2.00 bits per heavy atom. The van der Waals surface area contributed by atoms with Gasteiger partial charge in [0.05, 0.1) is 17.2 Å². The fourth-order valence-corrected chi connectivity index (χ4v) is 6.91. The van der Waals surface area contributed by atoms with E-state index >= 15 is 0 Å². The van der Waals surface area contributed by atoms with Gasteiger partial charge in [-0.1, -0.05) is 12.0 Å². The Hall–Kier alpha value is -4.76. The van der Waals surface area contributed by atoms with E-state index < -0.39 is 17.2 Å². The lowest BCUT2D eigenvalue weighted by molar-refractivity contribution is -0.127. The molecular formula is C34H35FN6O5. The summed E-state index contributed by atoms with van der Waals surface area (Å²) in [5, 5.41) is 22.2. The third kappa shape index (κ3) is 5.08. The molecule has 2 saturated heterocycles. The number of piperidine rings is 1. The van der Waals surface area contributed by atoms with Crippen LogP contribution in [0.25, 0.3) is 21.9 Å². The summed E-state index contributed by atoms with van der Waals surface area (Å²) in [6, 6.07) is 5.27. The topological polar surface area (TPSA) is 134 Å². The van der Waals surface area contributed by atoms with Crippen LogP contribution in [-0.2, 0) is 4.79 Å². The number of carbonyl (C=O) groups is 2. The van der Waals surface area contributed by atoms with Gasteiger partial charge in [0, 0.05) is 43.5 Å². The maximum absolute atomic E-state index is 14.9. The van der Waals surface area contributed by atoms with E-state index in [0.29, 0.717) is 49.1 Å². The number of aromatic hydroxyl groups is 1. The van der Waals surface area contributed by atoms with E-state index in [1.54, 1.807) is 18.9 Å². The van der Waals surface area contributed by atoms with Crippen molar-refractivity contribution in [3.63, 3.8) is 0 Å². The number of fused-ring (bicyclic) bond motifs is 2. The lowest BCUT2D eigenvalue weighted by atomic mass is 9.91. The highest BCUT2D eigenvalue weighted by molar-refractivity contribution is 6.17. The number of halogens is 1. The summed E-state index contributed by atoms with van der Waals surface area (Å²) in [5.41, 5.74) is -0.226. The Balaban J connectivity index is 1.41. The van der Waals surface area contributed by atoms with Crippen LogP contribution in [0.5, 0.6) is 11.8 Å². The average Bonchev–Trinajstić information content (AvgIpc) is 3.52. The van der Waals surface area contributed by atoms with Gasteiger partial charge in [0.15, 0.2) is 17.3 Å². The molecule has 4 aromatic rings. The maximum atomic E-state index is 14.9. The van der Waals surface area contributed by atoms with E-state index in [4.69, 9.17) is 21.1 Å². The standard InChI is InChI=1S/C34H35FN6O5/c1-4-23-25(35)11-9-19-15-22(42)16-24(27(19)23)29(44)32-36-30-28(41(32)20-7-5-8-20)31(40-14-6-13-34(2,45)18-40)38-33(37-30)46-17-21-10-12-26(43)39(21)3/h1,9,11,15-16,20-21,42,45H,5-8,10,12-14,17-18H2,2-3H3/t21-,34+/m0/s1. The molecule has 0 spiro atoms. The largest absolute Gasteiger partial charge is 0.508 e. The highest BCUT2D eigenvalue weighted by Gasteiger charge is 2.36. The monoisotopic (exact) mass is 626 g/mol. The van der Waals surface area contributed by atoms with E-state index in [1.807, 2.05) is 9.47 Å². The van der Waals surface area contributed by atoms with Gasteiger partial charge >= 0.3 is 6.01 Å². The number of hydrogen-bond donors (Lipinski definition) is 2. The van der Waals surface area contributed by atoms with Crippen molar-refractivity contribution >= 4 is 39.4 Å². The fourth-order valence-electron chi connectivity index (χ4n) is 6.91. The van der Waals surface area contributed by atoms with Crippen LogP contribution >= 0.6 is 0 Å². The molecule has 7 rings (SSSR count). The number of imidazole rings is 1. The number of nitrogens with zero attached hydrogens (tertiary/aromatic N) is 6. The summed E-state index contributed by atoms with van der Waals surface area (Å²) in [5.74, 6) is 1.62. The number of aliphatic hydroxyl groups is 1. The van der Waals surface area contributed by atoms with E-state index in [-0.39, 0.29) is 64.3 Å². The molecule has 2 N–H and O–H groups in total. The number of likely N-dealkylation sites (tertiary alicyclic amines) is 1. The van der Waals surface area contributed by atoms with Crippen molar-refractivity contribution in [1.82, 2.24) is 24.4 Å². The third-order valence-corrected chi connectivity index (χ3v) is 9.60. The Morgan fingerprint density at radius 1 is 1.20 bits per heavy atom. The minimum atomic E-state index is -0.959. The Morgan fingerprint density at radius 3 is 2.67 bits per heavy atom. The first-order valence-corrected chi connectivity index (χ1v) is 15.7. The number of rotatable bonds is 7. The third-order valence-electron chi connectivity index (χ3n) is 9.60. The predicted molar refractivity (Wildman–Crippen MR) is 169 cm³/mol. The molecule has 0 unspecified atom stereocenters. The van der Waals surface area contributed by atoms with Gasteiger partial charge in [0.2, 0.25) is 11.7 Å². The highest BCUT2D eigenvalue weighted by Crippen LogP contribution is 2.41. The van der Waals surface area contributed by atoms with Crippen LogP contribution in [0.2, 0.25) is 0 Å². The number of amides is 1. The smallest absolute Gasteiger partial charge is 0.320 e. The molecule has 12 heteroatoms. The number of benzene rings is 2. The fraction of sp³-hybridized carbons (Fsp3) is 0.441. The number of likely N-dealkylation sites (N-methyl/N-ethyl adjacent to an activating group) is 1. The summed E-state index contributed by atoms with van der Waals surface area (Å²) in [4.78, 5) is 44.5. The van der Waals surface area contributed by atoms with E-state index in [1.165, 1.54) is 24.3 Å². The molecule has 46 heavy (non-hydrogen) atoms. The number of anilines is 1. The number of carbonyl (C=O) groups excluding carboxylic acids is 2. The molecule has 0 radical (unpaired) electrons. The van der Waals surface area contributed by atoms with Gasteiger partial charge in [-0.15, -0.1) is 6.42 Å². The molecule has 2 aromatic heterocycles. The number of ketones is 1. The van der Waals surface area contributed by atoms with Crippen molar-refractivity contribution in [3.8, 4) is 24.1 Å². The van der Waals surface area contributed by atoms with Crippen LogP contribution in [0.15, 0.2) is 24.3 Å². The molecule has 1 aliphatic carbocycles. The minimum Gasteiger partial charge on any atom is -0.508 e. The number of phenols is 1. The van der Waals surface area contributed by atoms with Crippen LogP contribution < -0.4 is 9.64 Å². The van der Waals surface area contributed by atoms with Gasteiger partial charge in [-0.2, -0.15) is 9.97 Å². The molecule has 1 amide bonds. The lowest BCUT2D eigenvalue weighted by Crippen LogP contribution is -2.46. The Labute approximate surface area is 265 Å². The number of phenolic OH excluding ortho intramolecular Hbond substituents is 1. The first kappa shape index (κ1) is 29.9. The summed E-state index contributed by atoms with van der Waals surface area (Å²) in [6.07, 6.45) is 10.7. The average molecular weight is 627 g/mol. The number of terminal acetylenes is 1. The second-order valence-corrected chi connectivity index (χ2v) is 12.9. The molecule has 2 aliphatic heterocycles. The molecule has 4 heterocycles. The number of hydrogen-bond acceptors (Lipinski definition) is 9. The minimum absolute atomic E-state index is 0.0270. The first-order valence-electron chi connectivity index (χ1n) is 15.7.